The lowest BCUT2D eigenvalue weighted by Gasteiger charge is -2.18. The molecular formula is C64H116O6. The van der Waals surface area contributed by atoms with Crippen molar-refractivity contribution in [3.8, 4) is 0 Å². The summed E-state index contributed by atoms with van der Waals surface area (Å²) in [5.41, 5.74) is 0. The first kappa shape index (κ1) is 67.4. The predicted molar refractivity (Wildman–Crippen MR) is 302 cm³/mol. The Kier molecular flexibility index (Phi) is 56.7. The number of hydrogen-bond donors (Lipinski definition) is 0. The number of rotatable bonds is 56. The minimum absolute atomic E-state index is 0.0732. The molecule has 70 heavy (non-hydrogen) atoms. The van der Waals surface area contributed by atoms with Gasteiger partial charge in [-0.15, -0.1) is 0 Å². The van der Waals surface area contributed by atoms with Crippen molar-refractivity contribution in [2.75, 3.05) is 13.2 Å². The fourth-order valence-electron chi connectivity index (χ4n) is 8.92. The third-order valence-electron chi connectivity index (χ3n) is 13.6. The van der Waals surface area contributed by atoms with Gasteiger partial charge in [0.15, 0.2) is 6.10 Å². The summed E-state index contributed by atoms with van der Waals surface area (Å²) in [6.45, 7) is 6.64. The molecule has 0 saturated heterocycles. The van der Waals surface area contributed by atoms with Gasteiger partial charge in [0.2, 0.25) is 0 Å². The molecule has 0 aliphatic heterocycles. The lowest BCUT2D eigenvalue weighted by molar-refractivity contribution is -0.167. The molecule has 0 aromatic rings. The summed E-state index contributed by atoms with van der Waals surface area (Å²) >= 11 is 0. The summed E-state index contributed by atoms with van der Waals surface area (Å²) in [7, 11) is 0. The molecule has 0 aromatic heterocycles. The van der Waals surface area contributed by atoms with E-state index in [9.17, 15) is 14.4 Å². The van der Waals surface area contributed by atoms with Crippen molar-refractivity contribution < 1.29 is 28.6 Å². The Morgan fingerprint density at radius 1 is 0.286 bits per heavy atom. The Balaban J connectivity index is 4.27. The van der Waals surface area contributed by atoms with E-state index in [0.29, 0.717) is 19.3 Å². The van der Waals surface area contributed by atoms with Gasteiger partial charge in [-0.1, -0.05) is 268 Å². The van der Waals surface area contributed by atoms with E-state index in [-0.39, 0.29) is 31.1 Å². The van der Waals surface area contributed by atoms with Crippen molar-refractivity contribution in [3.05, 3.63) is 48.6 Å². The predicted octanol–water partition coefficient (Wildman–Crippen LogP) is 20.6. The van der Waals surface area contributed by atoms with Gasteiger partial charge in [-0.25, -0.2) is 0 Å². The first-order valence-corrected chi connectivity index (χ1v) is 30.6. The molecule has 0 N–H and O–H groups in total. The maximum absolute atomic E-state index is 12.9. The minimum Gasteiger partial charge on any atom is -0.462 e. The fraction of sp³-hybridized carbons (Fsp3) is 0.828. The summed E-state index contributed by atoms with van der Waals surface area (Å²) in [6, 6.07) is 0. The van der Waals surface area contributed by atoms with Crippen molar-refractivity contribution >= 4 is 17.9 Å². The number of unbranched alkanes of at least 4 members (excludes halogenated alkanes) is 37. The van der Waals surface area contributed by atoms with E-state index in [4.69, 9.17) is 14.2 Å². The zero-order valence-corrected chi connectivity index (χ0v) is 46.8. The van der Waals surface area contributed by atoms with E-state index in [1.54, 1.807) is 0 Å². The Bertz CT molecular complexity index is 1220. The number of carbonyl (C=O) groups is 3. The summed E-state index contributed by atoms with van der Waals surface area (Å²) < 4.78 is 16.9. The molecule has 0 aliphatic carbocycles. The van der Waals surface area contributed by atoms with Crippen LogP contribution in [0.5, 0.6) is 0 Å². The average Bonchev–Trinajstić information content (AvgIpc) is 3.36. The van der Waals surface area contributed by atoms with Crippen LogP contribution in [-0.2, 0) is 28.6 Å². The standard InChI is InChI=1S/C64H116O6/c1-4-7-10-13-16-19-22-24-26-28-30-31-32-33-35-36-38-40-42-45-48-51-54-57-63(66)69-60-61(59-68-62(65)56-53-50-47-44-21-18-15-12-9-6-3)70-64(67)58-55-52-49-46-43-41-39-37-34-29-27-25-23-20-17-14-11-8-5-2/h22,24-25,27-28,30,32-33,61H,4-21,23,26,29,31,34-60H2,1-3H3/b24-22-,27-25-,30-28-,33-32-. The van der Waals surface area contributed by atoms with E-state index in [2.05, 4.69) is 69.4 Å². The molecule has 6 heteroatoms. The largest absolute Gasteiger partial charge is 0.462 e. The number of carbonyl (C=O) groups excluding carboxylic acids is 3. The van der Waals surface area contributed by atoms with E-state index >= 15 is 0 Å². The molecule has 1 unspecified atom stereocenters. The van der Waals surface area contributed by atoms with Gasteiger partial charge in [0.25, 0.3) is 0 Å². The van der Waals surface area contributed by atoms with Crippen LogP contribution in [0.1, 0.15) is 323 Å². The van der Waals surface area contributed by atoms with E-state index < -0.39 is 6.10 Å². The van der Waals surface area contributed by atoms with Crippen LogP contribution in [0.25, 0.3) is 0 Å². The van der Waals surface area contributed by atoms with Crippen molar-refractivity contribution in [2.45, 2.75) is 329 Å². The van der Waals surface area contributed by atoms with Crippen LogP contribution in [0.15, 0.2) is 48.6 Å². The van der Waals surface area contributed by atoms with Gasteiger partial charge in [-0.2, -0.15) is 0 Å². The highest BCUT2D eigenvalue weighted by molar-refractivity contribution is 5.71. The van der Waals surface area contributed by atoms with Crippen LogP contribution in [0.4, 0.5) is 0 Å². The molecule has 0 aromatic carbocycles. The van der Waals surface area contributed by atoms with Gasteiger partial charge >= 0.3 is 17.9 Å². The maximum Gasteiger partial charge on any atom is 0.306 e. The van der Waals surface area contributed by atoms with E-state index in [0.717, 1.165) is 77.0 Å². The van der Waals surface area contributed by atoms with Crippen molar-refractivity contribution in [2.24, 2.45) is 0 Å². The smallest absolute Gasteiger partial charge is 0.306 e. The zero-order chi connectivity index (χ0) is 50.7. The average molecular weight is 982 g/mol. The van der Waals surface area contributed by atoms with Crippen molar-refractivity contribution in [1.29, 1.82) is 0 Å². The van der Waals surface area contributed by atoms with Crippen LogP contribution in [0.3, 0.4) is 0 Å². The first-order chi connectivity index (χ1) is 34.5. The Hall–Kier alpha value is -2.63. The summed E-state index contributed by atoms with van der Waals surface area (Å²) in [4.78, 5) is 38.2. The van der Waals surface area contributed by atoms with Gasteiger partial charge in [-0.05, 0) is 83.5 Å². The molecule has 0 radical (unpaired) electrons. The molecule has 0 amide bonds. The van der Waals surface area contributed by atoms with Crippen LogP contribution >= 0.6 is 0 Å². The third-order valence-corrected chi connectivity index (χ3v) is 13.6. The monoisotopic (exact) mass is 981 g/mol. The SMILES string of the molecule is CCCCCCC/C=C\C/C=C\C/C=C\CCCCCCCCCCC(=O)OCC(COC(=O)CCCCCCCCCCCC)OC(=O)CCCCCCCCCCC/C=C\CCCCCCCC. The molecule has 6 nitrogen and oxygen atoms in total. The summed E-state index contributed by atoms with van der Waals surface area (Å²) in [6.07, 6.45) is 72.5. The Morgan fingerprint density at radius 2 is 0.514 bits per heavy atom. The molecule has 0 aliphatic rings. The van der Waals surface area contributed by atoms with Gasteiger partial charge in [0.1, 0.15) is 13.2 Å². The molecule has 408 valence electrons. The molecule has 0 spiro atoms. The Labute approximate surface area is 435 Å². The third kappa shape index (κ3) is 56.3. The number of allylic oxidation sites excluding steroid dienone is 8. The van der Waals surface area contributed by atoms with Gasteiger partial charge in [0.05, 0.1) is 0 Å². The van der Waals surface area contributed by atoms with E-state index in [1.165, 1.54) is 205 Å². The van der Waals surface area contributed by atoms with Crippen LogP contribution in [0.2, 0.25) is 0 Å². The summed E-state index contributed by atoms with van der Waals surface area (Å²) in [5, 5.41) is 0. The lowest BCUT2D eigenvalue weighted by Crippen LogP contribution is -2.30. The van der Waals surface area contributed by atoms with Crippen LogP contribution in [-0.4, -0.2) is 37.2 Å². The molecule has 0 bridgehead atoms. The molecule has 1 atom stereocenters. The molecular weight excluding hydrogens is 865 g/mol. The second-order valence-corrected chi connectivity index (χ2v) is 20.6. The molecule has 0 heterocycles. The minimum atomic E-state index is -0.775. The molecule has 0 saturated carbocycles. The normalized spacial score (nSPS) is 12.3. The number of hydrogen-bond acceptors (Lipinski definition) is 6. The summed E-state index contributed by atoms with van der Waals surface area (Å²) in [5.74, 6) is -0.868. The topological polar surface area (TPSA) is 78.9 Å². The zero-order valence-electron chi connectivity index (χ0n) is 46.8. The Morgan fingerprint density at radius 3 is 0.814 bits per heavy atom. The molecule has 0 fully saturated rings. The van der Waals surface area contributed by atoms with Gasteiger partial charge in [0, 0.05) is 19.3 Å². The van der Waals surface area contributed by atoms with Crippen LogP contribution in [0, 0.1) is 0 Å². The quantitative estimate of drug-likeness (QED) is 0.0261. The highest BCUT2D eigenvalue weighted by atomic mass is 16.6. The second-order valence-electron chi connectivity index (χ2n) is 20.6. The van der Waals surface area contributed by atoms with Crippen molar-refractivity contribution in [1.82, 2.24) is 0 Å². The highest BCUT2D eigenvalue weighted by Crippen LogP contribution is 2.16. The molecule has 0 rings (SSSR count). The van der Waals surface area contributed by atoms with Gasteiger partial charge in [-0.3, -0.25) is 14.4 Å². The van der Waals surface area contributed by atoms with E-state index in [1.807, 2.05) is 0 Å². The first-order valence-electron chi connectivity index (χ1n) is 30.6. The van der Waals surface area contributed by atoms with Crippen LogP contribution < -0.4 is 0 Å². The number of esters is 3. The second kappa shape index (κ2) is 58.9. The maximum atomic E-state index is 12.9. The lowest BCUT2D eigenvalue weighted by atomic mass is 10.1. The number of ether oxygens (including phenoxy) is 3. The van der Waals surface area contributed by atoms with Crippen molar-refractivity contribution in [3.63, 3.8) is 0 Å². The van der Waals surface area contributed by atoms with Gasteiger partial charge < -0.3 is 14.2 Å². The highest BCUT2D eigenvalue weighted by Gasteiger charge is 2.19. The fourth-order valence-corrected chi connectivity index (χ4v) is 8.92.